The number of nitrogens with two attached hydrogens (primary N) is 1. The Morgan fingerprint density at radius 1 is 1.55 bits per heavy atom. The number of aromatic nitrogens is 2. The number of nitrogens with one attached hydrogen (secondary N) is 1. The molecule has 1 aromatic carbocycles. The van der Waals surface area contributed by atoms with Crippen LogP contribution in [0.4, 0.5) is 11.4 Å². The first kappa shape index (κ1) is 15.5. The zero-order chi connectivity index (χ0) is 16.1. The van der Waals surface area contributed by atoms with Crippen molar-refractivity contribution < 1.29 is 9.72 Å². The number of nitrogens with zero attached hydrogens (tertiary/aromatic N) is 3. The maximum atomic E-state index is 12.1. The van der Waals surface area contributed by atoms with Gasteiger partial charge in [-0.3, -0.25) is 14.9 Å². The summed E-state index contributed by atoms with van der Waals surface area (Å²) in [5.41, 5.74) is 5.88. The predicted octanol–water partition coefficient (Wildman–Crippen LogP) is 1.44. The molecule has 1 atom stereocenters. The number of imidazole rings is 1. The molecule has 0 fully saturated rings. The van der Waals surface area contributed by atoms with E-state index in [9.17, 15) is 14.9 Å². The van der Waals surface area contributed by atoms with E-state index >= 15 is 0 Å². The number of nitrogen functional groups attached to an aromatic ring is 1. The van der Waals surface area contributed by atoms with Crippen LogP contribution in [-0.2, 0) is 6.54 Å². The second-order valence-electron chi connectivity index (χ2n) is 5.10. The van der Waals surface area contributed by atoms with E-state index < -0.39 is 10.8 Å². The lowest BCUT2D eigenvalue weighted by atomic mass is 10.1. The van der Waals surface area contributed by atoms with Gasteiger partial charge in [-0.15, -0.1) is 0 Å². The average Bonchev–Trinajstić information content (AvgIpc) is 2.97. The molecule has 8 heteroatoms. The van der Waals surface area contributed by atoms with Gasteiger partial charge in [0.25, 0.3) is 11.6 Å². The van der Waals surface area contributed by atoms with Crippen LogP contribution in [0, 0.1) is 16.0 Å². The van der Waals surface area contributed by atoms with E-state index in [2.05, 4.69) is 10.3 Å². The van der Waals surface area contributed by atoms with Gasteiger partial charge >= 0.3 is 0 Å². The SMILES string of the molecule is CC(CNC(=O)c1cc([N+](=O)[O-])ccc1N)Cn1ccnc1. The number of amides is 1. The van der Waals surface area contributed by atoms with Gasteiger partial charge in [-0.2, -0.15) is 0 Å². The van der Waals surface area contributed by atoms with Crippen LogP contribution in [0.1, 0.15) is 17.3 Å². The molecular weight excluding hydrogens is 286 g/mol. The first-order valence-corrected chi connectivity index (χ1v) is 6.75. The van der Waals surface area contributed by atoms with Gasteiger partial charge in [-0.05, 0) is 12.0 Å². The predicted molar refractivity (Wildman–Crippen MR) is 81.2 cm³/mol. The fourth-order valence-corrected chi connectivity index (χ4v) is 2.04. The number of benzene rings is 1. The molecule has 0 aliphatic rings. The lowest BCUT2D eigenvalue weighted by molar-refractivity contribution is -0.384. The van der Waals surface area contributed by atoms with Crippen molar-refractivity contribution in [2.45, 2.75) is 13.5 Å². The Balaban J connectivity index is 1.97. The smallest absolute Gasteiger partial charge is 0.270 e. The summed E-state index contributed by atoms with van der Waals surface area (Å²) >= 11 is 0. The molecule has 1 amide bonds. The normalized spacial score (nSPS) is 11.9. The highest BCUT2D eigenvalue weighted by Crippen LogP contribution is 2.19. The van der Waals surface area contributed by atoms with Crippen molar-refractivity contribution in [1.29, 1.82) is 0 Å². The van der Waals surface area contributed by atoms with E-state index in [-0.39, 0.29) is 22.9 Å². The molecule has 2 rings (SSSR count). The molecule has 1 unspecified atom stereocenters. The maximum absolute atomic E-state index is 12.1. The fraction of sp³-hybridized carbons (Fsp3) is 0.286. The Bertz CT molecular complexity index is 669. The van der Waals surface area contributed by atoms with Crippen molar-refractivity contribution in [1.82, 2.24) is 14.9 Å². The monoisotopic (exact) mass is 303 g/mol. The molecule has 0 saturated heterocycles. The molecule has 0 bridgehead atoms. The van der Waals surface area contributed by atoms with Crippen LogP contribution in [0.15, 0.2) is 36.9 Å². The summed E-state index contributed by atoms with van der Waals surface area (Å²) in [5, 5.41) is 13.5. The quantitative estimate of drug-likeness (QED) is 0.476. The third-order valence-electron chi connectivity index (χ3n) is 3.19. The zero-order valence-electron chi connectivity index (χ0n) is 12.1. The summed E-state index contributed by atoms with van der Waals surface area (Å²) in [5.74, 6) is -0.239. The molecule has 0 spiro atoms. The molecule has 2 aromatic rings. The number of carbonyl (C=O) groups is 1. The Morgan fingerprint density at radius 2 is 2.32 bits per heavy atom. The van der Waals surface area contributed by atoms with Crippen molar-refractivity contribution in [3.05, 3.63) is 52.6 Å². The van der Waals surface area contributed by atoms with Crippen molar-refractivity contribution in [3.63, 3.8) is 0 Å². The first-order valence-electron chi connectivity index (χ1n) is 6.75. The van der Waals surface area contributed by atoms with Gasteiger partial charge in [0.15, 0.2) is 0 Å². The molecular formula is C14H17N5O3. The summed E-state index contributed by atoms with van der Waals surface area (Å²) in [4.78, 5) is 26.3. The summed E-state index contributed by atoms with van der Waals surface area (Å²) in [6, 6.07) is 3.82. The van der Waals surface area contributed by atoms with E-state index in [1.165, 1.54) is 18.2 Å². The third-order valence-corrected chi connectivity index (χ3v) is 3.19. The largest absolute Gasteiger partial charge is 0.398 e. The van der Waals surface area contributed by atoms with Crippen LogP contribution >= 0.6 is 0 Å². The number of anilines is 1. The second kappa shape index (κ2) is 6.70. The molecule has 0 aliphatic carbocycles. The lowest BCUT2D eigenvalue weighted by Gasteiger charge is -2.13. The Kier molecular flexibility index (Phi) is 4.72. The first-order chi connectivity index (χ1) is 10.5. The molecule has 3 N–H and O–H groups in total. The van der Waals surface area contributed by atoms with Crippen LogP contribution in [-0.4, -0.2) is 26.9 Å². The van der Waals surface area contributed by atoms with Gasteiger partial charge in [0.2, 0.25) is 0 Å². The minimum Gasteiger partial charge on any atom is -0.398 e. The standard InChI is InChI=1S/C14H17N5O3/c1-10(8-18-5-4-16-9-18)7-17-14(20)12-6-11(19(21)22)2-3-13(12)15/h2-6,9-10H,7-8,15H2,1H3,(H,17,20). The highest BCUT2D eigenvalue weighted by atomic mass is 16.6. The topological polar surface area (TPSA) is 116 Å². The number of carbonyl (C=O) groups excluding carboxylic acids is 1. The van der Waals surface area contributed by atoms with Gasteiger partial charge in [-0.1, -0.05) is 6.92 Å². The fourth-order valence-electron chi connectivity index (χ4n) is 2.04. The van der Waals surface area contributed by atoms with Crippen LogP contribution in [0.3, 0.4) is 0 Å². The van der Waals surface area contributed by atoms with Crippen molar-refractivity contribution >= 4 is 17.3 Å². The van der Waals surface area contributed by atoms with Gasteiger partial charge in [0, 0.05) is 43.3 Å². The third kappa shape index (κ3) is 3.81. The number of non-ortho nitro benzene ring substituents is 1. The van der Waals surface area contributed by atoms with Crippen molar-refractivity contribution in [2.75, 3.05) is 12.3 Å². The highest BCUT2D eigenvalue weighted by molar-refractivity contribution is 5.99. The molecule has 116 valence electrons. The molecule has 1 heterocycles. The van der Waals surface area contributed by atoms with Crippen LogP contribution in [0.25, 0.3) is 0 Å². The van der Waals surface area contributed by atoms with Gasteiger partial charge in [0.05, 0.1) is 16.8 Å². The average molecular weight is 303 g/mol. The number of nitro groups is 1. The summed E-state index contributed by atoms with van der Waals surface area (Å²) < 4.78 is 1.92. The number of hydrogen-bond donors (Lipinski definition) is 2. The van der Waals surface area contributed by atoms with Gasteiger partial charge in [0.1, 0.15) is 0 Å². The number of nitro benzene ring substituents is 1. The lowest BCUT2D eigenvalue weighted by Crippen LogP contribution is -2.30. The number of hydrogen-bond acceptors (Lipinski definition) is 5. The molecule has 8 nitrogen and oxygen atoms in total. The van der Waals surface area contributed by atoms with Crippen LogP contribution < -0.4 is 11.1 Å². The van der Waals surface area contributed by atoms with E-state index in [4.69, 9.17) is 5.73 Å². The molecule has 0 saturated carbocycles. The Labute approximate surface area is 127 Å². The van der Waals surface area contributed by atoms with Crippen LogP contribution in [0.2, 0.25) is 0 Å². The van der Waals surface area contributed by atoms with Gasteiger partial charge < -0.3 is 15.6 Å². The minimum atomic E-state index is -0.558. The Hall–Kier alpha value is -2.90. The Morgan fingerprint density at radius 3 is 2.95 bits per heavy atom. The van der Waals surface area contributed by atoms with E-state index in [0.29, 0.717) is 13.1 Å². The second-order valence-corrected chi connectivity index (χ2v) is 5.10. The highest BCUT2D eigenvalue weighted by Gasteiger charge is 2.15. The summed E-state index contributed by atoms with van der Waals surface area (Å²) in [6.45, 7) is 3.13. The van der Waals surface area contributed by atoms with Crippen LogP contribution in [0.5, 0.6) is 0 Å². The van der Waals surface area contributed by atoms with Crippen molar-refractivity contribution in [2.24, 2.45) is 5.92 Å². The number of rotatable bonds is 6. The van der Waals surface area contributed by atoms with E-state index in [1.54, 1.807) is 12.5 Å². The minimum absolute atomic E-state index is 0.115. The molecule has 22 heavy (non-hydrogen) atoms. The molecule has 0 radical (unpaired) electrons. The van der Waals surface area contributed by atoms with Crippen molar-refractivity contribution in [3.8, 4) is 0 Å². The van der Waals surface area contributed by atoms with Gasteiger partial charge in [-0.25, -0.2) is 4.98 Å². The summed E-state index contributed by atoms with van der Waals surface area (Å²) in [6.07, 6.45) is 5.24. The van der Waals surface area contributed by atoms with E-state index in [1.807, 2.05) is 17.7 Å². The zero-order valence-corrected chi connectivity index (χ0v) is 12.1. The van der Waals surface area contributed by atoms with E-state index in [0.717, 1.165) is 0 Å². The molecule has 0 aliphatic heterocycles. The summed E-state index contributed by atoms with van der Waals surface area (Å²) in [7, 11) is 0. The molecule has 1 aromatic heterocycles. The maximum Gasteiger partial charge on any atom is 0.270 e.